The van der Waals surface area contributed by atoms with Crippen LogP contribution in [0.5, 0.6) is 0 Å². The van der Waals surface area contributed by atoms with E-state index in [1.165, 1.54) is 24.8 Å². The summed E-state index contributed by atoms with van der Waals surface area (Å²) in [4.78, 5) is 16.9. The van der Waals surface area contributed by atoms with E-state index < -0.39 is 0 Å². The number of benzene rings is 1. The molecule has 4 nitrogen and oxygen atoms in total. The average Bonchev–Trinajstić information content (AvgIpc) is 2.64. The van der Waals surface area contributed by atoms with Crippen LogP contribution in [0.2, 0.25) is 0 Å². The van der Waals surface area contributed by atoms with Crippen molar-refractivity contribution in [1.82, 2.24) is 15.1 Å². The van der Waals surface area contributed by atoms with Gasteiger partial charge in [0.2, 0.25) is 5.91 Å². The molecule has 1 aliphatic carbocycles. The van der Waals surface area contributed by atoms with E-state index in [2.05, 4.69) is 45.4 Å². The number of piperazine rings is 1. The van der Waals surface area contributed by atoms with Crippen molar-refractivity contribution in [2.24, 2.45) is 5.92 Å². The third kappa shape index (κ3) is 4.77. The highest BCUT2D eigenvalue weighted by molar-refractivity contribution is 7.80. The van der Waals surface area contributed by atoms with Crippen molar-refractivity contribution in [3.05, 3.63) is 35.9 Å². The first-order valence-electron chi connectivity index (χ1n) is 9.08. The van der Waals surface area contributed by atoms with Crippen LogP contribution >= 0.6 is 12.2 Å². The van der Waals surface area contributed by atoms with Gasteiger partial charge in [-0.05, 0) is 30.6 Å². The Bertz CT molecular complexity index is 549. The van der Waals surface area contributed by atoms with Crippen LogP contribution in [0.25, 0.3) is 0 Å². The first-order chi connectivity index (χ1) is 11.7. The number of carbonyl (C=O) groups is 1. The number of hydrogen-bond acceptors (Lipinski definition) is 3. The molecule has 3 rings (SSSR count). The molecule has 1 aromatic rings. The Kier molecular flexibility index (Phi) is 6.21. The molecule has 1 amide bonds. The summed E-state index contributed by atoms with van der Waals surface area (Å²) >= 11 is 5.46. The van der Waals surface area contributed by atoms with Crippen molar-refractivity contribution in [3.8, 4) is 0 Å². The summed E-state index contributed by atoms with van der Waals surface area (Å²) in [5, 5.41) is 3.60. The topological polar surface area (TPSA) is 35.6 Å². The second-order valence-corrected chi connectivity index (χ2v) is 7.26. The smallest absolute Gasteiger partial charge is 0.229 e. The standard InChI is InChI=1S/C19H27N3OS/c23-18(17-9-5-2-6-10-17)20-19(24)22-13-11-21(12-14-22)15-16-7-3-1-4-8-16/h1,3-4,7-8,17H,2,5-6,9-15H2,(H,20,23,24). The average molecular weight is 346 g/mol. The molecule has 0 aromatic heterocycles. The van der Waals surface area contributed by atoms with Gasteiger partial charge in [-0.2, -0.15) is 0 Å². The van der Waals surface area contributed by atoms with Gasteiger partial charge in [-0.15, -0.1) is 0 Å². The molecule has 1 saturated heterocycles. The lowest BCUT2D eigenvalue weighted by molar-refractivity contribution is -0.124. The first-order valence-corrected chi connectivity index (χ1v) is 9.49. The number of nitrogens with zero attached hydrogens (tertiary/aromatic N) is 2. The Morgan fingerprint density at radius 2 is 1.71 bits per heavy atom. The van der Waals surface area contributed by atoms with Crippen molar-refractivity contribution in [3.63, 3.8) is 0 Å². The minimum atomic E-state index is 0.131. The number of hydrogen-bond donors (Lipinski definition) is 1. The third-order valence-electron chi connectivity index (χ3n) is 5.11. The van der Waals surface area contributed by atoms with Crippen LogP contribution in [-0.2, 0) is 11.3 Å². The van der Waals surface area contributed by atoms with E-state index in [1.807, 2.05) is 0 Å². The van der Waals surface area contributed by atoms with Gasteiger partial charge in [0.1, 0.15) is 0 Å². The van der Waals surface area contributed by atoms with E-state index in [1.54, 1.807) is 0 Å². The van der Waals surface area contributed by atoms with Gasteiger partial charge in [0.25, 0.3) is 0 Å². The lowest BCUT2D eigenvalue weighted by atomic mass is 9.89. The lowest BCUT2D eigenvalue weighted by Crippen LogP contribution is -2.53. The first kappa shape index (κ1) is 17.4. The van der Waals surface area contributed by atoms with Crippen molar-refractivity contribution in [1.29, 1.82) is 0 Å². The molecule has 1 N–H and O–H groups in total. The van der Waals surface area contributed by atoms with Crippen LogP contribution in [0.1, 0.15) is 37.7 Å². The van der Waals surface area contributed by atoms with Crippen LogP contribution in [0.4, 0.5) is 0 Å². The number of carbonyl (C=O) groups excluding carboxylic acids is 1. The van der Waals surface area contributed by atoms with Gasteiger partial charge < -0.3 is 10.2 Å². The normalized spacial score (nSPS) is 19.9. The maximum Gasteiger partial charge on any atom is 0.229 e. The summed E-state index contributed by atoms with van der Waals surface area (Å²) < 4.78 is 0. The molecule has 2 fully saturated rings. The van der Waals surface area contributed by atoms with Gasteiger partial charge in [0.05, 0.1) is 0 Å². The summed E-state index contributed by atoms with van der Waals surface area (Å²) in [6, 6.07) is 10.6. The SMILES string of the molecule is O=C(NC(=S)N1CCN(Cc2ccccc2)CC1)C1CCCCC1. The van der Waals surface area contributed by atoms with Crippen molar-refractivity contribution in [2.75, 3.05) is 26.2 Å². The quantitative estimate of drug-likeness (QED) is 0.855. The maximum absolute atomic E-state index is 12.3. The summed E-state index contributed by atoms with van der Waals surface area (Å²) in [6.45, 7) is 4.71. The Labute approximate surface area is 150 Å². The van der Waals surface area contributed by atoms with Crippen molar-refractivity contribution >= 4 is 23.2 Å². The van der Waals surface area contributed by atoms with Gasteiger partial charge in [0.15, 0.2) is 5.11 Å². The molecular weight excluding hydrogens is 318 g/mol. The number of amides is 1. The number of nitrogens with one attached hydrogen (secondary N) is 1. The van der Waals surface area contributed by atoms with E-state index >= 15 is 0 Å². The summed E-state index contributed by atoms with van der Waals surface area (Å²) in [6.07, 6.45) is 5.63. The largest absolute Gasteiger partial charge is 0.346 e. The van der Waals surface area contributed by atoms with E-state index in [9.17, 15) is 4.79 Å². The monoisotopic (exact) mass is 345 g/mol. The van der Waals surface area contributed by atoms with Gasteiger partial charge in [-0.3, -0.25) is 9.69 Å². The van der Waals surface area contributed by atoms with Gasteiger partial charge in [-0.25, -0.2) is 0 Å². The zero-order valence-corrected chi connectivity index (χ0v) is 15.1. The van der Waals surface area contributed by atoms with Crippen LogP contribution in [-0.4, -0.2) is 47.0 Å². The second kappa shape index (κ2) is 8.58. The highest BCUT2D eigenvalue weighted by Gasteiger charge is 2.24. The highest BCUT2D eigenvalue weighted by Crippen LogP contribution is 2.23. The van der Waals surface area contributed by atoms with Crippen molar-refractivity contribution in [2.45, 2.75) is 38.6 Å². The Hall–Kier alpha value is -1.46. The van der Waals surface area contributed by atoms with E-state index in [-0.39, 0.29) is 11.8 Å². The molecule has 0 spiro atoms. The molecule has 130 valence electrons. The van der Waals surface area contributed by atoms with Crippen LogP contribution in [0.3, 0.4) is 0 Å². The molecular formula is C19H27N3OS. The summed E-state index contributed by atoms with van der Waals surface area (Å²) in [7, 11) is 0. The fraction of sp³-hybridized carbons (Fsp3) is 0.579. The fourth-order valence-corrected chi connectivity index (χ4v) is 3.89. The van der Waals surface area contributed by atoms with Crippen LogP contribution < -0.4 is 5.32 Å². The second-order valence-electron chi connectivity index (χ2n) is 6.88. The summed E-state index contributed by atoms with van der Waals surface area (Å²) in [5.41, 5.74) is 1.35. The minimum absolute atomic E-state index is 0.131. The van der Waals surface area contributed by atoms with Crippen LogP contribution in [0.15, 0.2) is 30.3 Å². The highest BCUT2D eigenvalue weighted by atomic mass is 32.1. The molecule has 5 heteroatoms. The third-order valence-corrected chi connectivity index (χ3v) is 5.47. The lowest BCUT2D eigenvalue weighted by Gasteiger charge is -2.36. The summed E-state index contributed by atoms with van der Waals surface area (Å²) in [5.74, 6) is 0.294. The predicted molar refractivity (Wildman–Crippen MR) is 101 cm³/mol. The molecule has 0 bridgehead atoms. The number of thiocarbonyl (C=S) groups is 1. The molecule has 1 heterocycles. The Morgan fingerprint density at radius 3 is 2.38 bits per heavy atom. The molecule has 0 atom stereocenters. The molecule has 1 aliphatic heterocycles. The molecule has 2 aliphatic rings. The molecule has 0 radical (unpaired) electrons. The van der Waals surface area contributed by atoms with Crippen molar-refractivity contribution < 1.29 is 4.79 Å². The Balaban J connectivity index is 1.42. The molecule has 1 saturated carbocycles. The van der Waals surface area contributed by atoms with Gasteiger partial charge in [-0.1, -0.05) is 49.6 Å². The molecule has 0 unspecified atom stereocenters. The maximum atomic E-state index is 12.3. The molecule has 1 aromatic carbocycles. The van der Waals surface area contributed by atoms with E-state index in [0.29, 0.717) is 5.11 Å². The van der Waals surface area contributed by atoms with E-state index in [0.717, 1.165) is 45.6 Å². The fourth-order valence-electron chi connectivity index (χ4n) is 3.60. The predicted octanol–water partition coefficient (Wildman–Crippen LogP) is 2.79. The molecule has 24 heavy (non-hydrogen) atoms. The van der Waals surface area contributed by atoms with Gasteiger partial charge in [0, 0.05) is 38.6 Å². The van der Waals surface area contributed by atoms with Gasteiger partial charge >= 0.3 is 0 Å². The Morgan fingerprint density at radius 1 is 1.04 bits per heavy atom. The zero-order valence-electron chi connectivity index (χ0n) is 14.2. The number of rotatable bonds is 3. The van der Waals surface area contributed by atoms with Crippen LogP contribution in [0, 0.1) is 5.92 Å². The minimum Gasteiger partial charge on any atom is -0.346 e. The zero-order chi connectivity index (χ0) is 16.8. The van der Waals surface area contributed by atoms with E-state index in [4.69, 9.17) is 12.2 Å².